The van der Waals surface area contributed by atoms with Crippen molar-refractivity contribution >= 4 is 38.0 Å². The fourth-order valence-electron chi connectivity index (χ4n) is 4.23. The standard InChI is InChI=1S/C23H25N5O2S/c1-14(27-30)16-8-9-28-17(13-24-22(28)12-16)10-15-6-7-19-21(11-15)31-23(26-19)25-18-4-2-3-5-20(18)29/h6-9,11-13,18,20,29-30H,2-5,10H2,1H3,(H,25,26)/t18-,20-/m1/s1. The highest BCUT2D eigenvalue weighted by Crippen LogP contribution is 2.30. The molecular weight excluding hydrogens is 410 g/mol. The highest BCUT2D eigenvalue weighted by molar-refractivity contribution is 7.22. The summed E-state index contributed by atoms with van der Waals surface area (Å²) < 4.78 is 3.19. The van der Waals surface area contributed by atoms with Crippen molar-refractivity contribution in [3.8, 4) is 0 Å². The summed E-state index contributed by atoms with van der Waals surface area (Å²) in [6, 6.07) is 10.3. The molecule has 160 valence electrons. The SMILES string of the molecule is CC(=NO)c1ccn2c(Cc3ccc4nc(N[C@@H]5CCCC[C@H]5O)sc4c3)cnc2c1. The molecule has 31 heavy (non-hydrogen) atoms. The van der Waals surface area contributed by atoms with Gasteiger partial charge in [0.2, 0.25) is 0 Å². The van der Waals surface area contributed by atoms with Crippen LogP contribution in [0, 0.1) is 0 Å². The minimum Gasteiger partial charge on any atom is -0.411 e. The Labute approximate surface area is 184 Å². The maximum atomic E-state index is 10.2. The Morgan fingerprint density at radius 2 is 2.13 bits per heavy atom. The maximum absolute atomic E-state index is 10.2. The Bertz CT molecular complexity index is 1260. The van der Waals surface area contributed by atoms with E-state index < -0.39 is 0 Å². The molecule has 3 heterocycles. The van der Waals surface area contributed by atoms with E-state index in [1.165, 1.54) is 5.56 Å². The summed E-state index contributed by atoms with van der Waals surface area (Å²) in [6.45, 7) is 1.76. The van der Waals surface area contributed by atoms with Crippen LogP contribution in [0.3, 0.4) is 0 Å². The predicted octanol–water partition coefficient (Wildman–Crippen LogP) is 4.45. The Morgan fingerprint density at radius 1 is 1.26 bits per heavy atom. The molecule has 3 aromatic heterocycles. The molecule has 1 aliphatic carbocycles. The number of aliphatic hydroxyl groups is 1. The molecule has 0 aliphatic heterocycles. The smallest absolute Gasteiger partial charge is 0.184 e. The molecule has 3 N–H and O–H groups in total. The summed E-state index contributed by atoms with van der Waals surface area (Å²) in [4.78, 5) is 9.22. The van der Waals surface area contributed by atoms with Crippen molar-refractivity contribution in [3.63, 3.8) is 0 Å². The average Bonchev–Trinajstić information content (AvgIpc) is 3.37. The van der Waals surface area contributed by atoms with E-state index in [2.05, 4.69) is 38.1 Å². The van der Waals surface area contributed by atoms with Crippen LogP contribution < -0.4 is 5.32 Å². The zero-order valence-electron chi connectivity index (χ0n) is 17.3. The number of benzene rings is 1. The van der Waals surface area contributed by atoms with E-state index in [4.69, 9.17) is 10.2 Å². The number of nitrogens with one attached hydrogen (secondary N) is 1. The monoisotopic (exact) mass is 435 g/mol. The lowest BCUT2D eigenvalue weighted by Crippen LogP contribution is -2.36. The highest BCUT2D eigenvalue weighted by Gasteiger charge is 2.23. The molecule has 1 saturated carbocycles. The molecule has 0 bridgehead atoms. The van der Waals surface area contributed by atoms with E-state index in [1.807, 2.05) is 24.5 Å². The molecule has 0 spiro atoms. The first-order valence-corrected chi connectivity index (χ1v) is 11.4. The highest BCUT2D eigenvalue weighted by atomic mass is 32.1. The van der Waals surface area contributed by atoms with Crippen LogP contribution >= 0.6 is 11.3 Å². The molecule has 0 unspecified atom stereocenters. The molecular formula is C23H25N5O2S. The number of aromatic nitrogens is 3. The van der Waals surface area contributed by atoms with Gasteiger partial charge in [0.1, 0.15) is 5.65 Å². The Kier molecular flexibility index (Phi) is 5.33. The second kappa shape index (κ2) is 8.28. The third kappa shape index (κ3) is 4.00. The van der Waals surface area contributed by atoms with Gasteiger partial charge in [0.25, 0.3) is 0 Å². The second-order valence-electron chi connectivity index (χ2n) is 8.18. The van der Waals surface area contributed by atoms with Crippen molar-refractivity contribution in [2.45, 2.75) is 51.2 Å². The van der Waals surface area contributed by atoms with Gasteiger partial charge in [0, 0.05) is 30.1 Å². The summed E-state index contributed by atoms with van der Waals surface area (Å²) >= 11 is 1.64. The molecule has 1 aromatic carbocycles. The number of pyridine rings is 1. The average molecular weight is 436 g/mol. The van der Waals surface area contributed by atoms with Gasteiger partial charge in [-0.25, -0.2) is 9.97 Å². The van der Waals surface area contributed by atoms with Gasteiger partial charge < -0.3 is 20.0 Å². The lowest BCUT2D eigenvalue weighted by atomic mass is 9.93. The van der Waals surface area contributed by atoms with Crippen LogP contribution in [0.5, 0.6) is 0 Å². The topological polar surface area (TPSA) is 95.0 Å². The lowest BCUT2D eigenvalue weighted by Gasteiger charge is -2.27. The number of hydrogen-bond acceptors (Lipinski definition) is 7. The first-order valence-electron chi connectivity index (χ1n) is 10.6. The fraction of sp³-hybridized carbons (Fsp3) is 0.348. The van der Waals surface area contributed by atoms with Crippen molar-refractivity contribution in [1.29, 1.82) is 0 Å². The zero-order chi connectivity index (χ0) is 21.4. The van der Waals surface area contributed by atoms with Crippen LogP contribution in [0.15, 0.2) is 47.9 Å². The summed E-state index contributed by atoms with van der Waals surface area (Å²) in [5.74, 6) is 0. The van der Waals surface area contributed by atoms with Gasteiger partial charge in [-0.05, 0) is 49.6 Å². The first-order chi connectivity index (χ1) is 15.1. The fourth-order valence-corrected chi connectivity index (χ4v) is 5.23. The zero-order valence-corrected chi connectivity index (χ0v) is 18.1. The van der Waals surface area contributed by atoms with Crippen molar-refractivity contribution < 1.29 is 10.3 Å². The van der Waals surface area contributed by atoms with Gasteiger partial charge in [-0.15, -0.1) is 0 Å². The number of hydrogen-bond donors (Lipinski definition) is 3. The predicted molar refractivity (Wildman–Crippen MR) is 124 cm³/mol. The number of fused-ring (bicyclic) bond motifs is 2. The van der Waals surface area contributed by atoms with E-state index in [9.17, 15) is 5.11 Å². The number of rotatable bonds is 5. The third-order valence-electron chi connectivity index (χ3n) is 6.03. The molecule has 0 amide bonds. The summed E-state index contributed by atoms with van der Waals surface area (Å²) in [5, 5.41) is 26.8. The van der Waals surface area contributed by atoms with Gasteiger partial charge in [0.05, 0.1) is 28.1 Å². The number of nitrogens with zero attached hydrogens (tertiary/aromatic N) is 4. The van der Waals surface area contributed by atoms with E-state index in [1.54, 1.807) is 18.3 Å². The molecule has 2 atom stereocenters. The molecule has 1 aliphatic rings. The Balaban J connectivity index is 1.37. The Morgan fingerprint density at radius 3 is 2.97 bits per heavy atom. The summed E-state index contributed by atoms with van der Waals surface area (Å²) in [6.07, 6.45) is 8.41. The quantitative estimate of drug-likeness (QED) is 0.245. The second-order valence-corrected chi connectivity index (χ2v) is 9.21. The van der Waals surface area contributed by atoms with Crippen LogP contribution in [-0.2, 0) is 6.42 Å². The molecule has 0 saturated heterocycles. The minimum absolute atomic E-state index is 0.0938. The largest absolute Gasteiger partial charge is 0.411 e. The summed E-state index contributed by atoms with van der Waals surface area (Å²) in [5.41, 5.74) is 5.50. The molecule has 1 fully saturated rings. The molecule has 0 radical (unpaired) electrons. The van der Waals surface area contributed by atoms with E-state index >= 15 is 0 Å². The van der Waals surface area contributed by atoms with Crippen molar-refractivity contribution in [1.82, 2.24) is 14.4 Å². The number of imidazole rings is 1. The number of anilines is 1. The molecule has 4 aromatic rings. The van der Waals surface area contributed by atoms with E-state index in [0.717, 1.165) is 64.4 Å². The van der Waals surface area contributed by atoms with Gasteiger partial charge in [-0.2, -0.15) is 0 Å². The van der Waals surface area contributed by atoms with Crippen LogP contribution in [0.4, 0.5) is 5.13 Å². The van der Waals surface area contributed by atoms with Gasteiger partial charge in [-0.3, -0.25) is 0 Å². The number of thiazole rings is 1. The Hall–Kier alpha value is -2.97. The maximum Gasteiger partial charge on any atom is 0.184 e. The molecule has 7 nitrogen and oxygen atoms in total. The van der Waals surface area contributed by atoms with Crippen molar-refractivity contribution in [2.75, 3.05) is 5.32 Å². The van der Waals surface area contributed by atoms with Gasteiger partial charge in [0.15, 0.2) is 5.13 Å². The van der Waals surface area contributed by atoms with Crippen molar-refractivity contribution in [3.05, 3.63) is 59.5 Å². The molecule has 8 heteroatoms. The van der Waals surface area contributed by atoms with Crippen LogP contribution in [0.1, 0.15) is 49.4 Å². The molecule has 5 rings (SSSR count). The van der Waals surface area contributed by atoms with Crippen molar-refractivity contribution in [2.24, 2.45) is 5.16 Å². The van der Waals surface area contributed by atoms with Crippen LogP contribution in [0.2, 0.25) is 0 Å². The first kappa shape index (κ1) is 20.0. The lowest BCUT2D eigenvalue weighted by molar-refractivity contribution is 0.116. The number of aliphatic hydroxyl groups excluding tert-OH is 1. The van der Waals surface area contributed by atoms with Crippen LogP contribution in [-0.4, -0.2) is 42.5 Å². The number of oxime groups is 1. The van der Waals surface area contributed by atoms with Gasteiger partial charge in [-0.1, -0.05) is 35.4 Å². The van der Waals surface area contributed by atoms with E-state index in [0.29, 0.717) is 5.71 Å². The normalized spacial score (nSPS) is 19.9. The van der Waals surface area contributed by atoms with Crippen LogP contribution in [0.25, 0.3) is 15.9 Å². The summed E-state index contributed by atoms with van der Waals surface area (Å²) in [7, 11) is 0. The minimum atomic E-state index is -0.292. The van der Waals surface area contributed by atoms with Gasteiger partial charge >= 0.3 is 0 Å². The third-order valence-corrected chi connectivity index (χ3v) is 6.98. The van der Waals surface area contributed by atoms with E-state index in [-0.39, 0.29) is 12.1 Å².